The number of methoxy groups -OCH3 is 1. The van der Waals surface area contributed by atoms with Crippen molar-refractivity contribution in [3.63, 3.8) is 0 Å². The molecular weight excluding hydrogens is 369 g/mol. The number of halogens is 1. The minimum Gasteiger partial charge on any atom is -0.496 e. The Labute approximate surface area is 137 Å². The number of nitrogens with one attached hydrogen (secondary N) is 2. The Balaban J connectivity index is 0.00000200. The number of aliphatic imine (C=N–C) groups is 1. The van der Waals surface area contributed by atoms with Gasteiger partial charge in [0, 0.05) is 38.2 Å². The highest BCUT2D eigenvalue weighted by atomic mass is 127. The van der Waals surface area contributed by atoms with Gasteiger partial charge in [0.15, 0.2) is 5.96 Å². The lowest BCUT2D eigenvalue weighted by molar-refractivity contribution is 0.254. The van der Waals surface area contributed by atoms with Gasteiger partial charge in [0.05, 0.1) is 7.11 Å². The molecule has 0 spiro atoms. The number of rotatable bonds is 3. The molecule has 0 fully saturated rings. The Kier molecular flexibility index (Phi) is 6.38. The second-order valence-electron chi connectivity index (χ2n) is 4.58. The second-order valence-corrected chi connectivity index (χ2v) is 4.58. The Hall–Kier alpha value is -1.18. The number of nitrogens with zero attached hydrogens (tertiary/aromatic N) is 1. The quantitative estimate of drug-likeness (QED) is 0.470. The van der Waals surface area contributed by atoms with Gasteiger partial charge >= 0.3 is 0 Å². The van der Waals surface area contributed by atoms with Crippen molar-refractivity contribution >= 4 is 29.9 Å². The first kappa shape index (κ1) is 16.9. The summed E-state index contributed by atoms with van der Waals surface area (Å²) in [5.41, 5.74) is 2.28. The number of hydrogen-bond donors (Lipinski definition) is 2. The van der Waals surface area contributed by atoms with E-state index in [9.17, 15) is 0 Å². The summed E-state index contributed by atoms with van der Waals surface area (Å²) in [6.45, 7) is 2.72. The molecule has 6 heteroatoms. The van der Waals surface area contributed by atoms with Gasteiger partial charge in [-0.15, -0.1) is 24.0 Å². The molecule has 2 N–H and O–H groups in total. The van der Waals surface area contributed by atoms with E-state index in [2.05, 4.69) is 28.6 Å². The van der Waals surface area contributed by atoms with Gasteiger partial charge in [0.2, 0.25) is 0 Å². The van der Waals surface area contributed by atoms with Crippen LogP contribution in [0.15, 0.2) is 17.1 Å². The van der Waals surface area contributed by atoms with Crippen LogP contribution in [0.1, 0.15) is 18.1 Å². The summed E-state index contributed by atoms with van der Waals surface area (Å²) in [5, 5.41) is 6.20. The lowest BCUT2D eigenvalue weighted by Gasteiger charge is -2.13. The first-order chi connectivity index (χ1) is 9.17. The fourth-order valence-corrected chi connectivity index (χ4v) is 2.27. The van der Waals surface area contributed by atoms with E-state index in [0.717, 1.165) is 29.4 Å². The third-order valence-electron chi connectivity index (χ3n) is 3.21. The number of hydrogen-bond acceptors (Lipinski definition) is 3. The van der Waals surface area contributed by atoms with E-state index >= 15 is 0 Å². The highest BCUT2D eigenvalue weighted by Crippen LogP contribution is 2.34. The van der Waals surface area contributed by atoms with Gasteiger partial charge in [-0.05, 0) is 19.1 Å². The third-order valence-corrected chi connectivity index (χ3v) is 3.21. The van der Waals surface area contributed by atoms with E-state index in [4.69, 9.17) is 9.47 Å². The van der Waals surface area contributed by atoms with Crippen molar-refractivity contribution in [1.82, 2.24) is 10.6 Å². The van der Waals surface area contributed by atoms with Gasteiger partial charge in [-0.2, -0.15) is 0 Å². The number of fused-ring (bicyclic) bond motifs is 1. The molecule has 5 nitrogen and oxygen atoms in total. The second kappa shape index (κ2) is 7.56. The van der Waals surface area contributed by atoms with Crippen LogP contribution in [0.3, 0.4) is 0 Å². The Morgan fingerprint density at radius 3 is 2.85 bits per heavy atom. The summed E-state index contributed by atoms with van der Waals surface area (Å²) < 4.78 is 11.2. The molecule has 1 aliphatic heterocycles. The minimum atomic E-state index is 0. The first-order valence-corrected chi connectivity index (χ1v) is 6.42. The summed E-state index contributed by atoms with van der Waals surface area (Å²) in [6, 6.07) is 4.12. The van der Waals surface area contributed by atoms with E-state index < -0.39 is 0 Å². The molecule has 0 saturated carbocycles. The Bertz CT molecular complexity index is 492. The van der Waals surface area contributed by atoms with Gasteiger partial charge in [-0.25, -0.2) is 0 Å². The molecule has 1 aromatic carbocycles. The lowest BCUT2D eigenvalue weighted by atomic mass is 10.1. The molecule has 1 aromatic rings. The molecule has 2 rings (SSSR count). The smallest absolute Gasteiger partial charge is 0.190 e. The van der Waals surface area contributed by atoms with Crippen molar-refractivity contribution in [3.8, 4) is 11.5 Å². The van der Waals surface area contributed by atoms with E-state index in [1.807, 2.05) is 13.1 Å². The average Bonchev–Trinajstić information content (AvgIpc) is 2.77. The minimum absolute atomic E-state index is 0. The van der Waals surface area contributed by atoms with E-state index in [-0.39, 0.29) is 30.1 Å². The number of ether oxygens (including phenoxy) is 2. The van der Waals surface area contributed by atoms with Crippen molar-refractivity contribution in [3.05, 3.63) is 23.3 Å². The molecule has 0 bridgehead atoms. The zero-order valence-electron chi connectivity index (χ0n) is 12.3. The topological polar surface area (TPSA) is 54.9 Å². The van der Waals surface area contributed by atoms with Crippen LogP contribution >= 0.6 is 24.0 Å². The van der Waals surface area contributed by atoms with Crippen LogP contribution in [0, 0.1) is 0 Å². The number of benzene rings is 1. The molecule has 1 heterocycles. The predicted octanol–water partition coefficient (Wildman–Crippen LogP) is 1.93. The summed E-state index contributed by atoms with van der Waals surface area (Å²) >= 11 is 0. The van der Waals surface area contributed by atoms with Crippen molar-refractivity contribution < 1.29 is 9.47 Å². The van der Waals surface area contributed by atoms with Crippen molar-refractivity contribution in [2.75, 3.05) is 21.2 Å². The molecule has 112 valence electrons. The van der Waals surface area contributed by atoms with Crippen LogP contribution in [-0.4, -0.2) is 33.3 Å². The van der Waals surface area contributed by atoms with Crippen LogP contribution in [0.5, 0.6) is 11.5 Å². The summed E-state index contributed by atoms with van der Waals surface area (Å²) in [7, 11) is 5.26. The molecule has 0 radical (unpaired) electrons. The average molecular weight is 391 g/mol. The van der Waals surface area contributed by atoms with E-state index in [0.29, 0.717) is 6.54 Å². The molecule has 20 heavy (non-hydrogen) atoms. The maximum Gasteiger partial charge on any atom is 0.190 e. The monoisotopic (exact) mass is 391 g/mol. The molecule has 0 saturated heterocycles. The predicted molar refractivity (Wildman–Crippen MR) is 91.5 cm³/mol. The SMILES string of the molecule is CN=C(NC)NCc1cc2c(cc1OC)CC(C)O2.I. The maximum atomic E-state index is 5.78. The fraction of sp³-hybridized carbons (Fsp3) is 0.500. The van der Waals surface area contributed by atoms with Crippen LogP contribution in [0.25, 0.3) is 0 Å². The lowest BCUT2D eigenvalue weighted by Crippen LogP contribution is -2.34. The highest BCUT2D eigenvalue weighted by molar-refractivity contribution is 14.0. The zero-order chi connectivity index (χ0) is 13.8. The van der Waals surface area contributed by atoms with Crippen molar-refractivity contribution in [2.24, 2.45) is 4.99 Å². The molecular formula is C14H22IN3O2. The van der Waals surface area contributed by atoms with Gasteiger partial charge in [0.1, 0.15) is 17.6 Å². The van der Waals surface area contributed by atoms with Crippen LogP contribution < -0.4 is 20.1 Å². The van der Waals surface area contributed by atoms with E-state index in [1.165, 1.54) is 5.56 Å². The molecule has 0 aromatic heterocycles. The molecule has 0 aliphatic carbocycles. The first-order valence-electron chi connectivity index (χ1n) is 6.42. The summed E-state index contributed by atoms with van der Waals surface area (Å²) in [6.07, 6.45) is 1.19. The molecule has 1 atom stereocenters. The highest BCUT2D eigenvalue weighted by Gasteiger charge is 2.21. The van der Waals surface area contributed by atoms with Crippen molar-refractivity contribution in [1.29, 1.82) is 0 Å². The molecule has 1 unspecified atom stereocenters. The van der Waals surface area contributed by atoms with Crippen molar-refractivity contribution in [2.45, 2.75) is 26.0 Å². The third kappa shape index (κ3) is 3.68. The van der Waals surface area contributed by atoms with Crippen LogP contribution in [0.2, 0.25) is 0 Å². The standard InChI is InChI=1S/C14H21N3O2.HI/c1-9-5-10-6-12(18-4)11(7-13(10)19-9)8-17-14(15-2)16-3;/h6-7,9H,5,8H2,1-4H3,(H2,15,16,17);1H. The summed E-state index contributed by atoms with van der Waals surface area (Å²) in [5.74, 6) is 2.59. The molecule has 0 amide bonds. The van der Waals surface area contributed by atoms with Gasteiger partial charge < -0.3 is 20.1 Å². The zero-order valence-corrected chi connectivity index (χ0v) is 14.6. The fourth-order valence-electron chi connectivity index (χ4n) is 2.27. The van der Waals surface area contributed by atoms with Crippen LogP contribution in [-0.2, 0) is 13.0 Å². The summed E-state index contributed by atoms with van der Waals surface area (Å²) in [4.78, 5) is 4.08. The largest absolute Gasteiger partial charge is 0.496 e. The van der Waals surface area contributed by atoms with Gasteiger partial charge in [-0.3, -0.25) is 4.99 Å². The van der Waals surface area contributed by atoms with Crippen LogP contribution in [0.4, 0.5) is 0 Å². The Morgan fingerprint density at radius 1 is 1.50 bits per heavy atom. The Morgan fingerprint density at radius 2 is 2.25 bits per heavy atom. The normalized spacial score (nSPS) is 16.8. The molecule has 1 aliphatic rings. The van der Waals surface area contributed by atoms with Gasteiger partial charge in [0.25, 0.3) is 0 Å². The maximum absolute atomic E-state index is 5.78. The van der Waals surface area contributed by atoms with Gasteiger partial charge in [-0.1, -0.05) is 0 Å². The van der Waals surface area contributed by atoms with E-state index in [1.54, 1.807) is 14.2 Å². The number of guanidine groups is 1.